The van der Waals surface area contributed by atoms with Crippen LogP contribution < -0.4 is 11.1 Å². The summed E-state index contributed by atoms with van der Waals surface area (Å²) in [5.41, 5.74) is 6.31. The minimum atomic E-state index is -0.594. The summed E-state index contributed by atoms with van der Waals surface area (Å²) in [4.78, 5) is 26.2. The van der Waals surface area contributed by atoms with E-state index in [1.807, 2.05) is 51.1 Å². The summed E-state index contributed by atoms with van der Waals surface area (Å²) < 4.78 is 5.43. The van der Waals surface area contributed by atoms with Crippen molar-refractivity contribution in [3.05, 3.63) is 30.3 Å². The van der Waals surface area contributed by atoms with Crippen molar-refractivity contribution in [3.63, 3.8) is 0 Å². The Kier molecular flexibility index (Phi) is 6.42. The van der Waals surface area contributed by atoms with Gasteiger partial charge in [0.15, 0.2) is 0 Å². The van der Waals surface area contributed by atoms with Gasteiger partial charge in [0.2, 0.25) is 5.91 Å². The Balaban J connectivity index is 1.84. The van der Waals surface area contributed by atoms with Crippen molar-refractivity contribution in [1.29, 1.82) is 0 Å². The third-order valence-corrected chi connectivity index (χ3v) is 4.14. The van der Waals surface area contributed by atoms with Gasteiger partial charge < -0.3 is 20.7 Å². The first kappa shape index (κ1) is 19.2. The van der Waals surface area contributed by atoms with Gasteiger partial charge in [0.1, 0.15) is 5.60 Å². The molecule has 6 heteroatoms. The fraction of sp³-hybridized carbons (Fsp3) is 0.579. The van der Waals surface area contributed by atoms with Crippen LogP contribution in [0, 0.1) is 5.92 Å². The maximum atomic E-state index is 12.2. The Morgan fingerprint density at radius 2 is 2.00 bits per heavy atom. The summed E-state index contributed by atoms with van der Waals surface area (Å²) in [5, 5.41) is 2.83. The first-order chi connectivity index (χ1) is 11.7. The summed E-state index contributed by atoms with van der Waals surface area (Å²) in [5.74, 6) is 0.0124. The molecular formula is C19H29N3O3. The van der Waals surface area contributed by atoms with Crippen LogP contribution in [0.25, 0.3) is 0 Å². The van der Waals surface area contributed by atoms with Crippen molar-refractivity contribution in [1.82, 2.24) is 4.90 Å². The average molecular weight is 347 g/mol. The molecule has 2 amide bonds. The molecule has 1 fully saturated rings. The largest absolute Gasteiger partial charge is 0.444 e. The van der Waals surface area contributed by atoms with Crippen LogP contribution in [0.3, 0.4) is 0 Å². The summed E-state index contributed by atoms with van der Waals surface area (Å²) in [6.07, 6.45) is 2.13. The standard InChI is InChI=1S/C19H29N3O3/c1-19(2,3)25-18(24)22-11-7-8-14(13-22)12-16(20)17(23)21-15-9-5-4-6-10-15/h4-6,9-10,14,16H,7-8,11-13,20H2,1-3H3,(H,21,23). The maximum absolute atomic E-state index is 12.2. The third kappa shape index (κ3) is 6.38. The normalized spacial score (nSPS) is 19.2. The smallest absolute Gasteiger partial charge is 0.410 e. The molecule has 25 heavy (non-hydrogen) atoms. The second kappa shape index (κ2) is 8.34. The number of ether oxygens (including phenoxy) is 1. The van der Waals surface area contributed by atoms with Crippen LogP contribution in [-0.2, 0) is 9.53 Å². The van der Waals surface area contributed by atoms with E-state index in [-0.39, 0.29) is 17.9 Å². The van der Waals surface area contributed by atoms with E-state index < -0.39 is 11.6 Å². The number of para-hydroxylation sites is 1. The SMILES string of the molecule is CC(C)(C)OC(=O)N1CCCC(CC(N)C(=O)Nc2ccccc2)C1. The van der Waals surface area contributed by atoms with Gasteiger partial charge in [-0.25, -0.2) is 4.79 Å². The van der Waals surface area contributed by atoms with Gasteiger partial charge in [0.05, 0.1) is 6.04 Å². The lowest BCUT2D eigenvalue weighted by Crippen LogP contribution is -2.45. The molecular weight excluding hydrogens is 318 g/mol. The number of hydrogen-bond acceptors (Lipinski definition) is 4. The first-order valence-corrected chi connectivity index (χ1v) is 8.84. The summed E-state index contributed by atoms with van der Waals surface area (Å²) >= 11 is 0. The summed E-state index contributed by atoms with van der Waals surface area (Å²) in [6, 6.07) is 8.68. The van der Waals surface area contributed by atoms with E-state index in [1.165, 1.54) is 0 Å². The Labute approximate surface area is 149 Å². The average Bonchev–Trinajstić information content (AvgIpc) is 2.54. The highest BCUT2D eigenvalue weighted by molar-refractivity contribution is 5.94. The van der Waals surface area contributed by atoms with Crippen molar-refractivity contribution in [2.45, 2.75) is 51.7 Å². The molecule has 0 aromatic heterocycles. The molecule has 2 atom stereocenters. The third-order valence-electron chi connectivity index (χ3n) is 4.14. The van der Waals surface area contributed by atoms with Crippen LogP contribution in [0.1, 0.15) is 40.0 Å². The highest BCUT2D eigenvalue weighted by Crippen LogP contribution is 2.23. The van der Waals surface area contributed by atoms with E-state index in [2.05, 4.69) is 5.32 Å². The number of piperidine rings is 1. The Hall–Kier alpha value is -2.08. The van der Waals surface area contributed by atoms with Crippen molar-refractivity contribution in [3.8, 4) is 0 Å². The lowest BCUT2D eigenvalue weighted by atomic mass is 9.91. The van der Waals surface area contributed by atoms with Crippen molar-refractivity contribution >= 4 is 17.7 Å². The molecule has 0 bridgehead atoms. The molecule has 2 rings (SSSR count). The minimum Gasteiger partial charge on any atom is -0.444 e. The van der Waals surface area contributed by atoms with Gasteiger partial charge in [-0.15, -0.1) is 0 Å². The highest BCUT2D eigenvalue weighted by Gasteiger charge is 2.29. The van der Waals surface area contributed by atoms with Gasteiger partial charge >= 0.3 is 6.09 Å². The molecule has 1 aliphatic heterocycles. The second-order valence-electron chi connectivity index (χ2n) is 7.63. The van der Waals surface area contributed by atoms with E-state index in [0.29, 0.717) is 19.5 Å². The Bertz CT molecular complexity index is 583. The topological polar surface area (TPSA) is 84.7 Å². The number of hydrogen-bond donors (Lipinski definition) is 2. The van der Waals surface area contributed by atoms with Gasteiger partial charge in [-0.3, -0.25) is 4.79 Å². The molecule has 0 aliphatic carbocycles. The number of rotatable bonds is 4. The van der Waals surface area contributed by atoms with Crippen LogP contribution in [0.2, 0.25) is 0 Å². The van der Waals surface area contributed by atoms with Crippen molar-refractivity contribution < 1.29 is 14.3 Å². The Morgan fingerprint density at radius 3 is 2.64 bits per heavy atom. The number of benzene rings is 1. The zero-order valence-electron chi connectivity index (χ0n) is 15.3. The number of likely N-dealkylation sites (tertiary alicyclic amines) is 1. The van der Waals surface area contributed by atoms with E-state index >= 15 is 0 Å². The lowest BCUT2D eigenvalue weighted by molar-refractivity contribution is -0.117. The van der Waals surface area contributed by atoms with Gasteiger partial charge in [-0.2, -0.15) is 0 Å². The number of carbonyl (C=O) groups excluding carboxylic acids is 2. The fourth-order valence-corrected chi connectivity index (χ4v) is 2.97. The molecule has 1 aromatic carbocycles. The number of nitrogens with zero attached hydrogens (tertiary/aromatic N) is 1. The fourth-order valence-electron chi connectivity index (χ4n) is 2.97. The molecule has 1 aliphatic rings. The van der Waals surface area contributed by atoms with Crippen LogP contribution in [0.5, 0.6) is 0 Å². The molecule has 1 heterocycles. The monoisotopic (exact) mass is 347 g/mol. The lowest BCUT2D eigenvalue weighted by Gasteiger charge is -2.34. The zero-order valence-corrected chi connectivity index (χ0v) is 15.3. The molecule has 138 valence electrons. The van der Waals surface area contributed by atoms with Gasteiger partial charge in [-0.05, 0) is 58.1 Å². The van der Waals surface area contributed by atoms with Crippen LogP contribution in [0.15, 0.2) is 30.3 Å². The Morgan fingerprint density at radius 1 is 1.32 bits per heavy atom. The van der Waals surface area contributed by atoms with E-state index in [0.717, 1.165) is 18.5 Å². The van der Waals surface area contributed by atoms with E-state index in [9.17, 15) is 9.59 Å². The molecule has 1 aromatic rings. The van der Waals surface area contributed by atoms with Gasteiger partial charge in [-0.1, -0.05) is 18.2 Å². The molecule has 3 N–H and O–H groups in total. The van der Waals surface area contributed by atoms with Gasteiger partial charge in [0.25, 0.3) is 0 Å². The van der Waals surface area contributed by atoms with E-state index in [4.69, 9.17) is 10.5 Å². The number of nitrogens with two attached hydrogens (primary N) is 1. The predicted molar refractivity (Wildman–Crippen MR) is 98.2 cm³/mol. The molecule has 2 unspecified atom stereocenters. The minimum absolute atomic E-state index is 0.194. The van der Waals surface area contributed by atoms with Crippen LogP contribution in [-0.4, -0.2) is 41.6 Å². The quantitative estimate of drug-likeness (QED) is 0.877. The number of carbonyl (C=O) groups is 2. The van der Waals surface area contributed by atoms with Crippen LogP contribution >= 0.6 is 0 Å². The first-order valence-electron chi connectivity index (χ1n) is 8.84. The number of anilines is 1. The molecule has 6 nitrogen and oxygen atoms in total. The molecule has 0 saturated carbocycles. The maximum Gasteiger partial charge on any atom is 0.410 e. The van der Waals surface area contributed by atoms with Crippen molar-refractivity contribution in [2.75, 3.05) is 18.4 Å². The molecule has 0 spiro atoms. The molecule has 1 saturated heterocycles. The molecule has 0 radical (unpaired) electrons. The number of amides is 2. The predicted octanol–water partition coefficient (Wildman–Crippen LogP) is 2.99. The number of nitrogens with one attached hydrogen (secondary N) is 1. The highest BCUT2D eigenvalue weighted by atomic mass is 16.6. The second-order valence-corrected chi connectivity index (χ2v) is 7.63. The summed E-state index contributed by atoms with van der Waals surface area (Å²) in [6.45, 7) is 6.85. The van der Waals surface area contributed by atoms with E-state index in [1.54, 1.807) is 4.90 Å². The van der Waals surface area contributed by atoms with Crippen molar-refractivity contribution in [2.24, 2.45) is 11.7 Å². The zero-order chi connectivity index (χ0) is 18.4. The van der Waals surface area contributed by atoms with Gasteiger partial charge in [0, 0.05) is 18.8 Å². The van der Waals surface area contributed by atoms with Crippen LogP contribution in [0.4, 0.5) is 10.5 Å². The summed E-state index contributed by atoms with van der Waals surface area (Å²) in [7, 11) is 0.